The number of alkyl halides is 3. The van der Waals surface area contributed by atoms with Crippen molar-refractivity contribution in [3.05, 3.63) is 48.0 Å². The largest absolute Gasteiger partial charge is 0.497 e. The Kier molecular flexibility index (Phi) is 5.55. The Bertz CT molecular complexity index is 1060. The van der Waals surface area contributed by atoms with Gasteiger partial charge in [-0.25, -0.2) is 4.98 Å². The molecule has 0 radical (unpaired) electrons. The minimum absolute atomic E-state index is 0.197. The lowest BCUT2D eigenvalue weighted by Gasteiger charge is -2.31. The van der Waals surface area contributed by atoms with Gasteiger partial charge in [0, 0.05) is 19.0 Å². The Balaban J connectivity index is 1.41. The molecule has 0 aliphatic carbocycles. The van der Waals surface area contributed by atoms with Crippen molar-refractivity contribution < 1.29 is 22.7 Å². The highest BCUT2D eigenvalue weighted by Crippen LogP contribution is 2.36. The van der Waals surface area contributed by atoms with E-state index in [9.17, 15) is 18.0 Å². The van der Waals surface area contributed by atoms with Crippen molar-refractivity contribution in [2.24, 2.45) is 5.92 Å². The molecule has 0 atom stereocenters. The number of hydrogen-bond acceptors (Lipinski definition) is 5. The molecule has 2 heterocycles. The number of hydrogen-bond donors (Lipinski definition) is 1. The van der Waals surface area contributed by atoms with Gasteiger partial charge in [0.15, 0.2) is 5.13 Å². The van der Waals surface area contributed by atoms with Crippen LogP contribution >= 0.6 is 11.3 Å². The molecule has 0 bridgehead atoms. The average Bonchev–Trinajstić information content (AvgIpc) is 3.16. The van der Waals surface area contributed by atoms with Gasteiger partial charge < -0.3 is 15.0 Å². The average molecular weight is 435 g/mol. The number of anilines is 2. The topological polar surface area (TPSA) is 54.5 Å². The van der Waals surface area contributed by atoms with E-state index < -0.39 is 11.7 Å². The number of aromatic nitrogens is 1. The number of carbonyl (C=O) groups is 1. The second-order valence-corrected chi connectivity index (χ2v) is 8.13. The van der Waals surface area contributed by atoms with E-state index in [1.165, 1.54) is 18.2 Å². The summed E-state index contributed by atoms with van der Waals surface area (Å²) in [5, 5.41) is 3.35. The maximum absolute atomic E-state index is 13.1. The number of benzene rings is 2. The third kappa shape index (κ3) is 4.21. The van der Waals surface area contributed by atoms with Crippen LogP contribution in [-0.2, 0) is 11.0 Å². The number of piperidine rings is 1. The zero-order valence-electron chi connectivity index (χ0n) is 16.2. The van der Waals surface area contributed by atoms with Gasteiger partial charge >= 0.3 is 6.18 Å². The minimum Gasteiger partial charge on any atom is -0.497 e. The first-order valence-corrected chi connectivity index (χ1v) is 10.3. The molecule has 1 aliphatic heterocycles. The Morgan fingerprint density at radius 2 is 1.93 bits per heavy atom. The quantitative estimate of drug-likeness (QED) is 0.614. The summed E-state index contributed by atoms with van der Waals surface area (Å²) in [5.41, 5.74) is -0.141. The number of amides is 1. The molecular formula is C21H20F3N3O2S. The van der Waals surface area contributed by atoms with E-state index in [1.54, 1.807) is 18.4 Å². The van der Waals surface area contributed by atoms with Crippen molar-refractivity contribution >= 4 is 38.3 Å². The van der Waals surface area contributed by atoms with E-state index in [2.05, 4.69) is 15.2 Å². The molecule has 0 saturated carbocycles. The van der Waals surface area contributed by atoms with E-state index in [1.807, 2.05) is 18.2 Å². The second-order valence-electron chi connectivity index (χ2n) is 7.12. The molecular weight excluding hydrogens is 415 g/mol. The highest BCUT2D eigenvalue weighted by Gasteiger charge is 2.34. The third-order valence-electron chi connectivity index (χ3n) is 5.21. The zero-order chi connectivity index (χ0) is 21.3. The first-order valence-electron chi connectivity index (χ1n) is 9.52. The summed E-state index contributed by atoms with van der Waals surface area (Å²) in [5.74, 6) is 0.0598. The Morgan fingerprint density at radius 1 is 1.20 bits per heavy atom. The molecule has 158 valence electrons. The van der Waals surface area contributed by atoms with Crippen LogP contribution in [0.25, 0.3) is 10.2 Å². The number of ether oxygens (including phenoxy) is 1. The fourth-order valence-electron chi connectivity index (χ4n) is 3.56. The van der Waals surface area contributed by atoms with E-state index in [4.69, 9.17) is 4.74 Å². The third-order valence-corrected chi connectivity index (χ3v) is 6.29. The maximum Gasteiger partial charge on any atom is 0.418 e. The van der Waals surface area contributed by atoms with E-state index in [0.29, 0.717) is 25.9 Å². The lowest BCUT2D eigenvalue weighted by atomic mass is 9.96. The highest BCUT2D eigenvalue weighted by atomic mass is 32.1. The maximum atomic E-state index is 13.1. The van der Waals surface area contributed by atoms with Gasteiger partial charge in [0.25, 0.3) is 0 Å². The number of nitrogens with one attached hydrogen (secondary N) is 1. The first kappa shape index (κ1) is 20.5. The van der Waals surface area contributed by atoms with Crippen LogP contribution in [0.1, 0.15) is 18.4 Å². The molecule has 1 saturated heterocycles. The van der Waals surface area contributed by atoms with E-state index in [0.717, 1.165) is 27.2 Å². The summed E-state index contributed by atoms with van der Waals surface area (Å²) in [6, 6.07) is 10.8. The van der Waals surface area contributed by atoms with Crippen LogP contribution < -0.4 is 15.0 Å². The molecule has 4 rings (SSSR count). The minimum atomic E-state index is -4.51. The number of fused-ring (bicyclic) bond motifs is 1. The molecule has 0 spiro atoms. The Morgan fingerprint density at radius 3 is 2.63 bits per heavy atom. The first-order chi connectivity index (χ1) is 14.3. The van der Waals surface area contributed by atoms with Crippen molar-refractivity contribution in [2.45, 2.75) is 19.0 Å². The summed E-state index contributed by atoms with van der Waals surface area (Å²) in [6.07, 6.45) is -3.40. The lowest BCUT2D eigenvalue weighted by molar-refractivity contribution is -0.137. The van der Waals surface area contributed by atoms with Crippen molar-refractivity contribution in [2.75, 3.05) is 30.4 Å². The summed E-state index contributed by atoms with van der Waals surface area (Å²) in [7, 11) is 1.62. The Labute approximate surface area is 175 Å². The van der Waals surface area contributed by atoms with E-state index >= 15 is 0 Å². The fraction of sp³-hybridized carbons (Fsp3) is 0.333. The molecule has 0 unspecified atom stereocenters. The number of carbonyl (C=O) groups excluding carboxylic acids is 1. The highest BCUT2D eigenvalue weighted by molar-refractivity contribution is 7.22. The van der Waals surface area contributed by atoms with Crippen LogP contribution in [-0.4, -0.2) is 31.1 Å². The predicted molar refractivity (Wildman–Crippen MR) is 111 cm³/mol. The van der Waals surface area contributed by atoms with Crippen molar-refractivity contribution in [3.8, 4) is 5.75 Å². The zero-order valence-corrected chi connectivity index (χ0v) is 17.0. The molecule has 2 aromatic carbocycles. The molecule has 9 heteroatoms. The van der Waals surface area contributed by atoms with Gasteiger partial charge in [0.1, 0.15) is 5.75 Å². The summed E-state index contributed by atoms with van der Waals surface area (Å²) in [6.45, 7) is 1.24. The normalized spacial score (nSPS) is 15.4. The van der Waals surface area contributed by atoms with Gasteiger partial charge in [-0.1, -0.05) is 23.5 Å². The number of para-hydroxylation sites is 1. The van der Waals surface area contributed by atoms with Crippen LogP contribution in [0.2, 0.25) is 0 Å². The van der Waals surface area contributed by atoms with Crippen LogP contribution in [0, 0.1) is 5.92 Å². The van der Waals surface area contributed by atoms with Crippen LogP contribution in [0.5, 0.6) is 5.75 Å². The van der Waals surface area contributed by atoms with Gasteiger partial charge in [-0.3, -0.25) is 4.79 Å². The van der Waals surface area contributed by atoms with Gasteiger partial charge in [-0.15, -0.1) is 0 Å². The van der Waals surface area contributed by atoms with Gasteiger partial charge in [-0.2, -0.15) is 13.2 Å². The van der Waals surface area contributed by atoms with Gasteiger partial charge in [0.05, 0.1) is 28.6 Å². The van der Waals surface area contributed by atoms with E-state index in [-0.39, 0.29) is 17.5 Å². The number of rotatable bonds is 4. The Hall–Kier alpha value is -2.81. The van der Waals surface area contributed by atoms with Crippen molar-refractivity contribution in [1.82, 2.24) is 4.98 Å². The molecule has 1 fully saturated rings. The number of halogens is 3. The molecule has 3 aromatic rings. The number of methoxy groups -OCH3 is 1. The van der Waals surface area contributed by atoms with Crippen LogP contribution in [0.4, 0.5) is 24.0 Å². The second kappa shape index (κ2) is 8.14. The predicted octanol–water partition coefficient (Wildman–Crippen LogP) is 5.18. The summed E-state index contributed by atoms with van der Waals surface area (Å²) < 4.78 is 45.7. The molecule has 1 amide bonds. The summed E-state index contributed by atoms with van der Waals surface area (Å²) >= 11 is 1.56. The standard InChI is InChI=1S/C21H20F3N3O2S/c1-29-14-6-7-17-18(12-14)30-20(26-17)27-10-8-13(9-11-27)19(28)25-16-5-3-2-4-15(16)21(22,23)24/h2-7,12-13H,8-11H2,1H3,(H,25,28). The lowest BCUT2D eigenvalue weighted by Crippen LogP contribution is -2.38. The summed E-state index contributed by atoms with van der Waals surface area (Å²) in [4.78, 5) is 19.3. The molecule has 1 aliphatic rings. The van der Waals surface area contributed by atoms with Gasteiger partial charge in [-0.05, 0) is 43.2 Å². The molecule has 30 heavy (non-hydrogen) atoms. The van der Waals surface area contributed by atoms with Crippen LogP contribution in [0.3, 0.4) is 0 Å². The van der Waals surface area contributed by atoms with Gasteiger partial charge in [0.2, 0.25) is 5.91 Å². The van der Waals surface area contributed by atoms with Crippen molar-refractivity contribution in [3.63, 3.8) is 0 Å². The fourth-order valence-corrected chi connectivity index (χ4v) is 4.61. The monoisotopic (exact) mass is 435 g/mol. The molecule has 1 aromatic heterocycles. The molecule has 5 nitrogen and oxygen atoms in total. The smallest absolute Gasteiger partial charge is 0.418 e. The molecule has 1 N–H and O–H groups in total. The number of nitrogens with zero attached hydrogens (tertiary/aromatic N) is 2. The van der Waals surface area contributed by atoms with Crippen molar-refractivity contribution in [1.29, 1.82) is 0 Å². The number of thiazole rings is 1. The SMILES string of the molecule is COc1ccc2nc(N3CCC(C(=O)Nc4ccccc4C(F)(F)F)CC3)sc2c1. The van der Waals surface area contributed by atoms with Crippen LogP contribution in [0.15, 0.2) is 42.5 Å².